The molecule has 7 rings (SSSR count). The van der Waals surface area contributed by atoms with E-state index in [0.717, 1.165) is 6.42 Å². The zero-order valence-electron chi connectivity index (χ0n) is 21.5. The molecule has 35 heavy (non-hydrogen) atoms. The number of para-hydroxylation sites is 1. The third kappa shape index (κ3) is 2.63. The maximum atomic E-state index is 2.57. The van der Waals surface area contributed by atoms with Gasteiger partial charge < -0.3 is 4.40 Å². The van der Waals surface area contributed by atoms with E-state index in [1.807, 2.05) is 0 Å². The molecular weight excluding hydrogens is 424 g/mol. The number of aryl methyl sites for hydroxylation is 3. The molecule has 7 aromatic rings. The Hall–Kier alpha value is -3.65. The lowest BCUT2D eigenvalue weighted by Crippen LogP contribution is -2.29. The van der Waals surface area contributed by atoms with Gasteiger partial charge in [-0.3, -0.25) is 0 Å². The summed E-state index contributed by atoms with van der Waals surface area (Å²) < 4.78 is 4.93. The summed E-state index contributed by atoms with van der Waals surface area (Å²) in [5, 5.41) is 9.57. The van der Waals surface area contributed by atoms with E-state index in [2.05, 4.69) is 117 Å². The second-order valence-corrected chi connectivity index (χ2v) is 11.6. The van der Waals surface area contributed by atoms with Crippen molar-refractivity contribution in [1.82, 2.24) is 4.40 Å². The lowest BCUT2D eigenvalue weighted by Gasteiger charge is -2.21. The first kappa shape index (κ1) is 20.7. The number of rotatable bonds is 1. The monoisotopic (exact) mass is 455 g/mol. The van der Waals surface area contributed by atoms with Crippen molar-refractivity contribution in [1.29, 1.82) is 0 Å². The average molecular weight is 456 g/mol. The Labute approximate surface area is 205 Å². The van der Waals surface area contributed by atoms with Crippen LogP contribution in [0.3, 0.4) is 0 Å². The standard InChI is InChI=1S/C33H31N2/c1-19-22-11-7-8-12-23(22)20(2)30-28(19)32-29-24(15-16-34(32)6)21(18-33(3,4)5)17-26-25-13-9-10-14-27(25)35(30)31(26)29/h7-17H,18H2,1-6H3/q+1. The molecule has 2 heteroatoms. The lowest BCUT2D eigenvalue weighted by atomic mass is 9.84. The third-order valence-corrected chi connectivity index (χ3v) is 8.02. The second-order valence-electron chi connectivity index (χ2n) is 11.6. The largest absolute Gasteiger partial charge is 0.307 e. The maximum Gasteiger partial charge on any atom is 0.224 e. The van der Waals surface area contributed by atoms with E-state index in [4.69, 9.17) is 0 Å². The Morgan fingerprint density at radius 2 is 1.37 bits per heavy atom. The van der Waals surface area contributed by atoms with Crippen molar-refractivity contribution in [2.75, 3.05) is 0 Å². The van der Waals surface area contributed by atoms with Gasteiger partial charge >= 0.3 is 0 Å². The van der Waals surface area contributed by atoms with Crippen LogP contribution in [0.2, 0.25) is 0 Å². The van der Waals surface area contributed by atoms with Crippen LogP contribution in [0.4, 0.5) is 0 Å². The van der Waals surface area contributed by atoms with E-state index in [9.17, 15) is 0 Å². The minimum absolute atomic E-state index is 0.210. The fraction of sp³-hybridized carbons (Fsp3) is 0.242. The molecule has 0 amide bonds. The first-order valence-corrected chi connectivity index (χ1v) is 12.7. The van der Waals surface area contributed by atoms with Gasteiger partial charge in [-0.1, -0.05) is 63.2 Å². The molecule has 0 aliphatic heterocycles. The fourth-order valence-electron chi connectivity index (χ4n) is 6.65. The molecule has 2 nitrogen and oxygen atoms in total. The van der Waals surface area contributed by atoms with Gasteiger partial charge in [0.15, 0.2) is 6.20 Å². The van der Waals surface area contributed by atoms with Crippen LogP contribution in [-0.4, -0.2) is 4.40 Å². The Bertz CT molecular complexity index is 1980. The SMILES string of the molecule is Cc1c2ccccc2c(C)c2c1c1c3c(cc[n+]1C)c(CC(C)(C)C)cc1c4ccccc4n2c13. The topological polar surface area (TPSA) is 8.29 Å². The molecule has 3 aromatic heterocycles. The highest BCUT2D eigenvalue weighted by molar-refractivity contribution is 6.29. The predicted octanol–water partition coefficient (Wildman–Crippen LogP) is 8.17. The third-order valence-electron chi connectivity index (χ3n) is 8.02. The van der Waals surface area contributed by atoms with Crippen molar-refractivity contribution < 1.29 is 4.57 Å². The van der Waals surface area contributed by atoms with Crippen molar-refractivity contribution in [3.63, 3.8) is 0 Å². The van der Waals surface area contributed by atoms with Crippen LogP contribution < -0.4 is 4.57 Å². The molecule has 0 atom stereocenters. The van der Waals surface area contributed by atoms with E-state index < -0.39 is 0 Å². The number of benzene rings is 4. The van der Waals surface area contributed by atoms with Crippen molar-refractivity contribution in [2.45, 2.75) is 41.0 Å². The first-order valence-electron chi connectivity index (χ1n) is 12.7. The molecule has 0 radical (unpaired) electrons. The van der Waals surface area contributed by atoms with E-state index in [0.29, 0.717) is 0 Å². The van der Waals surface area contributed by atoms with Crippen LogP contribution in [-0.2, 0) is 13.5 Å². The summed E-state index contributed by atoms with van der Waals surface area (Å²) in [6.45, 7) is 11.7. The molecule has 0 saturated heterocycles. The Morgan fingerprint density at radius 1 is 0.714 bits per heavy atom. The molecule has 0 spiro atoms. The van der Waals surface area contributed by atoms with Gasteiger partial charge in [0.05, 0.1) is 27.3 Å². The number of aromatic nitrogens is 2. The molecule has 0 N–H and O–H groups in total. The summed E-state index contributed by atoms with van der Waals surface area (Å²) in [5.74, 6) is 0. The summed E-state index contributed by atoms with van der Waals surface area (Å²) in [5.41, 5.74) is 9.72. The summed E-state index contributed by atoms with van der Waals surface area (Å²) in [6.07, 6.45) is 3.32. The van der Waals surface area contributed by atoms with Crippen LogP contribution in [0.1, 0.15) is 37.5 Å². The number of hydrogen-bond donors (Lipinski definition) is 0. The number of fused-ring (bicyclic) bond motifs is 7. The quantitative estimate of drug-likeness (QED) is 0.134. The normalized spacial score (nSPS) is 13.0. The Morgan fingerprint density at radius 3 is 2.09 bits per heavy atom. The van der Waals surface area contributed by atoms with Crippen LogP contribution in [0.5, 0.6) is 0 Å². The molecule has 0 aliphatic carbocycles. The van der Waals surface area contributed by atoms with E-state index in [1.54, 1.807) is 0 Å². The summed E-state index contributed by atoms with van der Waals surface area (Å²) in [7, 11) is 2.21. The van der Waals surface area contributed by atoms with Crippen molar-refractivity contribution in [3.05, 3.63) is 83.6 Å². The highest BCUT2D eigenvalue weighted by Crippen LogP contribution is 2.45. The van der Waals surface area contributed by atoms with Crippen molar-refractivity contribution in [2.24, 2.45) is 12.5 Å². The van der Waals surface area contributed by atoms with Crippen LogP contribution >= 0.6 is 0 Å². The molecule has 3 heterocycles. The van der Waals surface area contributed by atoms with Gasteiger partial charge in [0, 0.05) is 16.8 Å². The van der Waals surface area contributed by atoms with Crippen LogP contribution in [0.25, 0.3) is 59.8 Å². The zero-order chi connectivity index (χ0) is 24.2. The van der Waals surface area contributed by atoms with Gasteiger partial charge in [-0.15, -0.1) is 0 Å². The van der Waals surface area contributed by atoms with Crippen molar-refractivity contribution in [3.8, 4) is 0 Å². The molecular formula is C33H31N2+. The molecule has 0 bridgehead atoms. The molecule has 0 unspecified atom stereocenters. The van der Waals surface area contributed by atoms with Crippen LogP contribution in [0, 0.1) is 19.3 Å². The summed E-state index contributed by atoms with van der Waals surface area (Å²) in [4.78, 5) is 0. The highest BCUT2D eigenvalue weighted by atomic mass is 15.0. The average Bonchev–Trinajstić information content (AvgIpc) is 3.16. The van der Waals surface area contributed by atoms with Gasteiger partial charge in [0.1, 0.15) is 7.05 Å². The molecule has 0 saturated carbocycles. The van der Waals surface area contributed by atoms with Gasteiger partial charge in [-0.2, -0.15) is 0 Å². The van der Waals surface area contributed by atoms with Crippen molar-refractivity contribution >= 4 is 59.8 Å². The first-order chi connectivity index (χ1) is 16.8. The zero-order valence-corrected chi connectivity index (χ0v) is 21.5. The Balaban J connectivity index is 1.91. The molecule has 4 aromatic carbocycles. The number of pyridine rings is 2. The molecule has 0 fully saturated rings. The van der Waals surface area contributed by atoms with Crippen LogP contribution in [0.15, 0.2) is 66.9 Å². The van der Waals surface area contributed by atoms with Gasteiger partial charge in [-0.25, -0.2) is 4.57 Å². The highest BCUT2D eigenvalue weighted by Gasteiger charge is 2.28. The number of hydrogen-bond acceptors (Lipinski definition) is 0. The van der Waals surface area contributed by atoms with Gasteiger partial charge in [0.2, 0.25) is 5.52 Å². The minimum atomic E-state index is 0.210. The second kappa shape index (κ2) is 6.73. The predicted molar refractivity (Wildman–Crippen MR) is 150 cm³/mol. The number of nitrogens with zero attached hydrogens (tertiary/aromatic N) is 2. The van der Waals surface area contributed by atoms with E-state index >= 15 is 0 Å². The van der Waals surface area contributed by atoms with Gasteiger partial charge in [-0.05, 0) is 70.7 Å². The fourth-order valence-corrected chi connectivity index (χ4v) is 6.65. The minimum Gasteiger partial charge on any atom is -0.307 e. The van der Waals surface area contributed by atoms with E-state index in [-0.39, 0.29) is 5.41 Å². The summed E-state index contributed by atoms with van der Waals surface area (Å²) >= 11 is 0. The lowest BCUT2D eigenvalue weighted by molar-refractivity contribution is -0.643. The summed E-state index contributed by atoms with van der Waals surface area (Å²) in [6, 6.07) is 22.7. The van der Waals surface area contributed by atoms with Gasteiger partial charge in [0.25, 0.3) is 0 Å². The smallest absolute Gasteiger partial charge is 0.224 e. The Kier molecular flexibility index (Phi) is 3.98. The molecule has 0 aliphatic rings. The molecule has 172 valence electrons. The maximum absolute atomic E-state index is 2.57. The van der Waals surface area contributed by atoms with E-state index in [1.165, 1.54) is 76.5 Å².